The molecule has 1 saturated carbocycles. The minimum Gasteiger partial charge on any atom is -0.486 e. The number of hydrogen-bond donors (Lipinski definition) is 0. The van der Waals surface area contributed by atoms with E-state index in [1.165, 1.54) is 31.2 Å². The van der Waals surface area contributed by atoms with Crippen LogP contribution in [0.1, 0.15) is 44.0 Å². The lowest BCUT2D eigenvalue weighted by Crippen LogP contribution is -2.08. The van der Waals surface area contributed by atoms with Crippen LogP contribution in [-0.2, 0) is 19.6 Å². The molecule has 1 aromatic carbocycles. The molecule has 0 atom stereocenters. The van der Waals surface area contributed by atoms with Gasteiger partial charge in [0.15, 0.2) is 11.0 Å². The van der Waals surface area contributed by atoms with Crippen LogP contribution in [0.4, 0.5) is 0 Å². The van der Waals surface area contributed by atoms with E-state index in [0.29, 0.717) is 11.9 Å². The molecule has 4 nitrogen and oxygen atoms in total. The van der Waals surface area contributed by atoms with Crippen molar-refractivity contribution in [1.82, 2.24) is 14.8 Å². The Balaban J connectivity index is 1.67. The molecule has 0 amide bonds. The summed E-state index contributed by atoms with van der Waals surface area (Å²) in [5, 5.41) is 10.4. The Morgan fingerprint density at radius 1 is 1.25 bits per heavy atom. The molecule has 128 valence electrons. The van der Waals surface area contributed by atoms with Gasteiger partial charge in [-0.1, -0.05) is 49.7 Å². The van der Waals surface area contributed by atoms with Gasteiger partial charge in [-0.15, -0.1) is 16.8 Å². The Labute approximate surface area is 148 Å². The summed E-state index contributed by atoms with van der Waals surface area (Å²) in [5.74, 6) is 1.72. The maximum Gasteiger partial charge on any atom is 0.191 e. The van der Waals surface area contributed by atoms with Gasteiger partial charge in [-0.05, 0) is 37.0 Å². The molecule has 1 aromatic heterocycles. The molecule has 0 aliphatic heterocycles. The second kappa shape index (κ2) is 8.38. The molecule has 0 saturated heterocycles. The monoisotopic (exact) mass is 343 g/mol. The summed E-state index contributed by atoms with van der Waals surface area (Å²) in [4.78, 5) is 0. The van der Waals surface area contributed by atoms with Crippen molar-refractivity contribution in [2.24, 2.45) is 0 Å². The predicted octanol–water partition coefficient (Wildman–Crippen LogP) is 4.64. The van der Waals surface area contributed by atoms with Gasteiger partial charge in [0.25, 0.3) is 0 Å². The van der Waals surface area contributed by atoms with Gasteiger partial charge in [0.1, 0.15) is 12.4 Å². The van der Waals surface area contributed by atoms with Crippen LogP contribution in [0.25, 0.3) is 0 Å². The highest BCUT2D eigenvalue weighted by molar-refractivity contribution is 7.99. The van der Waals surface area contributed by atoms with E-state index in [2.05, 4.69) is 40.4 Å². The Kier molecular flexibility index (Phi) is 5.96. The van der Waals surface area contributed by atoms with E-state index in [4.69, 9.17) is 4.74 Å². The number of benzene rings is 1. The van der Waals surface area contributed by atoms with Crippen molar-refractivity contribution >= 4 is 11.8 Å². The van der Waals surface area contributed by atoms with E-state index in [1.807, 2.05) is 30.0 Å². The molecule has 0 bridgehead atoms. The van der Waals surface area contributed by atoms with Crippen molar-refractivity contribution in [2.75, 3.05) is 0 Å². The maximum absolute atomic E-state index is 5.89. The molecule has 0 unspecified atom stereocenters. The summed E-state index contributed by atoms with van der Waals surface area (Å²) in [5.41, 5.74) is 1.31. The van der Waals surface area contributed by atoms with Gasteiger partial charge >= 0.3 is 0 Å². The summed E-state index contributed by atoms with van der Waals surface area (Å²) in [6, 6.07) is 8.23. The molecule has 3 rings (SSSR count). The lowest BCUT2D eigenvalue weighted by atomic mass is 10.2. The third-order valence-corrected chi connectivity index (χ3v) is 5.70. The Morgan fingerprint density at radius 2 is 2.00 bits per heavy atom. The zero-order valence-electron chi connectivity index (χ0n) is 14.3. The molecular weight excluding hydrogens is 318 g/mol. The molecule has 1 heterocycles. The molecule has 2 aromatic rings. The van der Waals surface area contributed by atoms with Crippen molar-refractivity contribution in [3.63, 3.8) is 0 Å². The number of rotatable bonds is 8. The van der Waals surface area contributed by atoms with Gasteiger partial charge in [0.2, 0.25) is 0 Å². The van der Waals surface area contributed by atoms with Crippen LogP contribution >= 0.6 is 11.8 Å². The van der Waals surface area contributed by atoms with Crippen LogP contribution in [0.5, 0.6) is 5.75 Å². The SMILES string of the molecule is C=CCn1c(COc2ccc(CC)cc2)nnc1SC1CCCC1. The topological polar surface area (TPSA) is 39.9 Å². The minimum atomic E-state index is 0.428. The first kappa shape index (κ1) is 17.1. The molecule has 24 heavy (non-hydrogen) atoms. The van der Waals surface area contributed by atoms with Gasteiger partial charge in [0.05, 0.1) is 0 Å². The largest absolute Gasteiger partial charge is 0.486 e. The Morgan fingerprint density at radius 3 is 2.67 bits per heavy atom. The molecular formula is C19H25N3OS. The molecule has 1 aliphatic rings. The highest BCUT2D eigenvalue weighted by Gasteiger charge is 2.20. The van der Waals surface area contributed by atoms with Gasteiger partial charge in [-0.2, -0.15) is 0 Å². The molecule has 1 aliphatic carbocycles. The number of thioether (sulfide) groups is 1. The first-order valence-corrected chi connectivity index (χ1v) is 9.59. The zero-order valence-corrected chi connectivity index (χ0v) is 15.1. The number of nitrogens with zero attached hydrogens (tertiary/aromatic N) is 3. The summed E-state index contributed by atoms with van der Waals surface area (Å²) >= 11 is 1.85. The van der Waals surface area contributed by atoms with Crippen LogP contribution in [0.15, 0.2) is 42.1 Å². The van der Waals surface area contributed by atoms with E-state index in [0.717, 1.165) is 29.7 Å². The summed E-state index contributed by atoms with van der Waals surface area (Å²) in [6.07, 6.45) is 8.15. The van der Waals surface area contributed by atoms with Gasteiger partial charge in [0, 0.05) is 11.8 Å². The van der Waals surface area contributed by atoms with E-state index in [9.17, 15) is 0 Å². The van der Waals surface area contributed by atoms with Crippen molar-refractivity contribution in [1.29, 1.82) is 0 Å². The molecule has 1 fully saturated rings. The fraction of sp³-hybridized carbons (Fsp3) is 0.474. The Bertz CT molecular complexity index is 660. The minimum absolute atomic E-state index is 0.428. The summed E-state index contributed by atoms with van der Waals surface area (Å²) in [6.45, 7) is 7.16. The smallest absolute Gasteiger partial charge is 0.191 e. The first-order valence-electron chi connectivity index (χ1n) is 8.71. The van der Waals surface area contributed by atoms with Gasteiger partial charge in [-0.25, -0.2) is 0 Å². The van der Waals surface area contributed by atoms with Gasteiger partial charge < -0.3 is 4.74 Å². The number of allylic oxidation sites excluding steroid dienone is 1. The molecule has 5 heteroatoms. The second-order valence-corrected chi connectivity index (χ2v) is 7.38. The average Bonchev–Trinajstić information content (AvgIpc) is 3.25. The molecule has 0 radical (unpaired) electrons. The fourth-order valence-electron chi connectivity index (χ4n) is 2.95. The second-order valence-electron chi connectivity index (χ2n) is 6.11. The van der Waals surface area contributed by atoms with E-state index in [1.54, 1.807) is 0 Å². The number of aryl methyl sites for hydroxylation is 1. The van der Waals surface area contributed by atoms with Crippen LogP contribution in [0.2, 0.25) is 0 Å². The summed E-state index contributed by atoms with van der Waals surface area (Å²) in [7, 11) is 0. The third-order valence-electron chi connectivity index (χ3n) is 4.38. The lowest BCUT2D eigenvalue weighted by molar-refractivity contribution is 0.289. The quantitative estimate of drug-likeness (QED) is 0.655. The van der Waals surface area contributed by atoms with E-state index in [-0.39, 0.29) is 0 Å². The maximum atomic E-state index is 5.89. The Hall–Kier alpha value is -1.75. The lowest BCUT2D eigenvalue weighted by Gasteiger charge is -2.11. The van der Waals surface area contributed by atoms with Crippen molar-refractivity contribution in [2.45, 2.75) is 62.6 Å². The highest BCUT2D eigenvalue weighted by atomic mass is 32.2. The zero-order chi connectivity index (χ0) is 16.8. The van der Waals surface area contributed by atoms with E-state index >= 15 is 0 Å². The van der Waals surface area contributed by atoms with Crippen LogP contribution in [-0.4, -0.2) is 20.0 Å². The van der Waals surface area contributed by atoms with Crippen molar-refractivity contribution in [3.05, 3.63) is 48.3 Å². The first-order chi connectivity index (χ1) is 11.8. The van der Waals surface area contributed by atoms with Crippen LogP contribution in [0, 0.1) is 0 Å². The third kappa shape index (κ3) is 4.20. The standard InChI is InChI=1S/C19H25N3OS/c1-3-13-22-18(14-23-16-11-9-15(4-2)10-12-16)20-21-19(22)24-17-7-5-6-8-17/h3,9-12,17H,1,4-8,13-14H2,2H3. The number of ether oxygens (including phenoxy) is 1. The van der Waals surface area contributed by atoms with Crippen molar-refractivity contribution in [3.8, 4) is 5.75 Å². The molecule has 0 spiro atoms. The predicted molar refractivity (Wildman–Crippen MR) is 98.5 cm³/mol. The van der Waals surface area contributed by atoms with Gasteiger partial charge in [-0.3, -0.25) is 4.57 Å². The average molecular weight is 343 g/mol. The summed E-state index contributed by atoms with van der Waals surface area (Å²) < 4.78 is 8.02. The number of hydrogen-bond acceptors (Lipinski definition) is 4. The number of aromatic nitrogens is 3. The molecule has 0 N–H and O–H groups in total. The van der Waals surface area contributed by atoms with Crippen molar-refractivity contribution < 1.29 is 4.74 Å². The fourth-order valence-corrected chi connectivity index (χ4v) is 4.21. The normalized spacial score (nSPS) is 14.9. The van der Waals surface area contributed by atoms with Crippen LogP contribution < -0.4 is 4.74 Å². The van der Waals surface area contributed by atoms with E-state index < -0.39 is 0 Å². The highest BCUT2D eigenvalue weighted by Crippen LogP contribution is 2.34. The van der Waals surface area contributed by atoms with Crippen LogP contribution in [0.3, 0.4) is 0 Å².